The molecule has 194 valence electrons. The fourth-order valence-electron chi connectivity index (χ4n) is 3.97. The summed E-state index contributed by atoms with van der Waals surface area (Å²) < 4.78 is 39.9. The number of alkyl halides is 3. The van der Waals surface area contributed by atoms with E-state index in [-0.39, 0.29) is 18.2 Å². The lowest BCUT2D eigenvalue weighted by atomic mass is 10.0. The Morgan fingerprint density at radius 1 is 1.22 bits per heavy atom. The molecule has 1 aromatic heterocycles. The molecule has 1 atom stereocenters. The molecular formula is C25H29F3N4O4. The van der Waals surface area contributed by atoms with Gasteiger partial charge in [-0.25, -0.2) is 14.6 Å². The highest BCUT2D eigenvalue weighted by molar-refractivity contribution is 5.88. The van der Waals surface area contributed by atoms with Crippen LogP contribution in [0.4, 0.5) is 18.0 Å². The molecule has 4 rings (SSSR count). The average molecular weight is 507 g/mol. The van der Waals surface area contributed by atoms with E-state index in [1.165, 1.54) is 0 Å². The first-order chi connectivity index (χ1) is 16.9. The van der Waals surface area contributed by atoms with Gasteiger partial charge in [0.1, 0.15) is 11.6 Å². The number of hydrogen-bond donors (Lipinski definition) is 3. The van der Waals surface area contributed by atoms with Gasteiger partial charge in [-0.1, -0.05) is 30.3 Å². The summed E-state index contributed by atoms with van der Waals surface area (Å²) in [7, 11) is 0. The molecular weight excluding hydrogens is 477 g/mol. The van der Waals surface area contributed by atoms with Crippen molar-refractivity contribution in [1.82, 2.24) is 20.2 Å². The largest absolute Gasteiger partial charge is 0.491 e. The van der Waals surface area contributed by atoms with Crippen molar-refractivity contribution in [3.63, 3.8) is 0 Å². The zero-order chi connectivity index (χ0) is 26.5. The third-order valence-corrected chi connectivity index (χ3v) is 5.48. The normalized spacial score (nSPS) is 15.0. The summed E-state index contributed by atoms with van der Waals surface area (Å²) in [5.74, 6) is -0.838. The summed E-state index contributed by atoms with van der Waals surface area (Å²) in [6.07, 6.45) is -1.18. The van der Waals surface area contributed by atoms with Crippen molar-refractivity contribution in [2.75, 3.05) is 0 Å². The molecule has 1 aliphatic heterocycles. The Balaban J connectivity index is 0.000000454. The standard InChI is InChI=1S/C23H28N4O2.C2HF3O2/c1-15(2)29-21-10-8-17-6-4-5-7-19(17)20(21)12-24-23(28)26-18-9-11-22-25-16(3)13-27(22)14-18;3-2(4,5)1(6)7/h4-8,10,13,15,18H,9,11-12,14H2,1-3H3,(H2,24,26,28);(H,6,7). The van der Waals surface area contributed by atoms with Crippen LogP contribution in [0.5, 0.6) is 5.75 Å². The quantitative estimate of drug-likeness (QED) is 0.470. The van der Waals surface area contributed by atoms with Gasteiger partial charge in [0.2, 0.25) is 0 Å². The number of carbonyl (C=O) groups is 2. The van der Waals surface area contributed by atoms with Crippen LogP contribution < -0.4 is 15.4 Å². The van der Waals surface area contributed by atoms with Crippen molar-refractivity contribution in [1.29, 1.82) is 0 Å². The fraction of sp³-hybridized carbons (Fsp3) is 0.400. The maximum Gasteiger partial charge on any atom is 0.490 e. The summed E-state index contributed by atoms with van der Waals surface area (Å²) in [6, 6.07) is 12.2. The summed E-state index contributed by atoms with van der Waals surface area (Å²) in [4.78, 5) is 26.0. The summed E-state index contributed by atoms with van der Waals surface area (Å²) in [5.41, 5.74) is 2.03. The minimum absolute atomic E-state index is 0.0683. The van der Waals surface area contributed by atoms with Gasteiger partial charge < -0.3 is 25.0 Å². The average Bonchev–Trinajstić information content (AvgIpc) is 3.17. The summed E-state index contributed by atoms with van der Waals surface area (Å²) in [5, 5.41) is 15.5. The van der Waals surface area contributed by atoms with Gasteiger partial charge in [0.15, 0.2) is 0 Å². The van der Waals surface area contributed by atoms with Crippen LogP contribution in [0.15, 0.2) is 42.6 Å². The van der Waals surface area contributed by atoms with Crippen LogP contribution in [0.25, 0.3) is 10.8 Å². The second-order valence-electron chi connectivity index (χ2n) is 8.75. The zero-order valence-electron chi connectivity index (χ0n) is 20.2. The Labute approximate surface area is 206 Å². The van der Waals surface area contributed by atoms with Crippen molar-refractivity contribution in [2.45, 2.75) is 65.0 Å². The Morgan fingerprint density at radius 2 is 1.92 bits per heavy atom. The van der Waals surface area contributed by atoms with E-state index in [1.807, 2.05) is 45.2 Å². The lowest BCUT2D eigenvalue weighted by Gasteiger charge is -2.25. The molecule has 8 nitrogen and oxygen atoms in total. The second-order valence-corrected chi connectivity index (χ2v) is 8.75. The number of urea groups is 1. The molecule has 1 aliphatic rings. The fourth-order valence-corrected chi connectivity index (χ4v) is 3.97. The van der Waals surface area contributed by atoms with Crippen LogP contribution >= 0.6 is 0 Å². The van der Waals surface area contributed by atoms with Gasteiger partial charge in [-0.3, -0.25) is 0 Å². The molecule has 1 unspecified atom stereocenters. The Morgan fingerprint density at radius 3 is 2.58 bits per heavy atom. The number of carboxylic acid groups (broad SMARTS) is 1. The van der Waals surface area contributed by atoms with Crippen molar-refractivity contribution >= 4 is 22.8 Å². The Bertz CT molecular complexity index is 1220. The van der Waals surface area contributed by atoms with Crippen LogP contribution in [0.2, 0.25) is 0 Å². The van der Waals surface area contributed by atoms with Gasteiger partial charge in [0, 0.05) is 37.3 Å². The molecule has 2 amide bonds. The molecule has 0 saturated heterocycles. The van der Waals surface area contributed by atoms with Crippen LogP contribution in [0.3, 0.4) is 0 Å². The number of carboxylic acids is 1. The maximum atomic E-state index is 12.6. The van der Waals surface area contributed by atoms with E-state index >= 15 is 0 Å². The number of aromatic nitrogens is 2. The molecule has 0 aliphatic carbocycles. The van der Waals surface area contributed by atoms with E-state index in [0.717, 1.165) is 53.0 Å². The third kappa shape index (κ3) is 7.12. The topological polar surface area (TPSA) is 105 Å². The number of benzene rings is 2. The number of aryl methyl sites for hydroxylation is 2. The smallest absolute Gasteiger partial charge is 0.490 e. The van der Waals surface area contributed by atoms with Gasteiger partial charge in [-0.2, -0.15) is 13.2 Å². The lowest BCUT2D eigenvalue weighted by molar-refractivity contribution is -0.192. The number of nitrogens with one attached hydrogen (secondary N) is 2. The first-order valence-electron chi connectivity index (χ1n) is 11.5. The number of rotatable bonds is 5. The predicted octanol–water partition coefficient (Wildman–Crippen LogP) is 4.58. The lowest BCUT2D eigenvalue weighted by Crippen LogP contribution is -2.45. The molecule has 36 heavy (non-hydrogen) atoms. The molecule has 3 aromatic rings. The third-order valence-electron chi connectivity index (χ3n) is 5.48. The van der Waals surface area contributed by atoms with E-state index < -0.39 is 12.1 Å². The molecule has 0 bridgehead atoms. The molecule has 0 spiro atoms. The zero-order valence-corrected chi connectivity index (χ0v) is 20.2. The number of imidazole rings is 1. The van der Waals surface area contributed by atoms with Gasteiger partial charge in [-0.15, -0.1) is 0 Å². The number of carbonyl (C=O) groups excluding carboxylic acids is 1. The van der Waals surface area contributed by atoms with Crippen molar-refractivity contribution in [3.8, 4) is 5.75 Å². The van der Waals surface area contributed by atoms with E-state index in [4.69, 9.17) is 14.6 Å². The van der Waals surface area contributed by atoms with E-state index in [1.54, 1.807) is 0 Å². The van der Waals surface area contributed by atoms with E-state index in [9.17, 15) is 18.0 Å². The van der Waals surface area contributed by atoms with Crippen LogP contribution in [-0.2, 0) is 24.3 Å². The van der Waals surface area contributed by atoms with Crippen molar-refractivity contribution < 1.29 is 32.6 Å². The number of fused-ring (bicyclic) bond motifs is 2. The minimum Gasteiger partial charge on any atom is -0.491 e. The number of ether oxygens (including phenoxy) is 1. The first-order valence-corrected chi connectivity index (χ1v) is 11.5. The minimum atomic E-state index is -5.08. The van der Waals surface area contributed by atoms with Gasteiger partial charge in [0.25, 0.3) is 0 Å². The molecule has 2 aromatic carbocycles. The Hall–Kier alpha value is -3.76. The Kier molecular flexibility index (Phi) is 8.44. The van der Waals surface area contributed by atoms with E-state index in [0.29, 0.717) is 6.54 Å². The highest BCUT2D eigenvalue weighted by Crippen LogP contribution is 2.29. The summed E-state index contributed by atoms with van der Waals surface area (Å²) >= 11 is 0. The SMILES string of the molecule is Cc1cn2c(n1)CCC(NC(=O)NCc1c(OC(C)C)ccc3ccccc13)C2.O=C(O)C(F)(F)F. The molecule has 0 saturated carbocycles. The molecule has 2 heterocycles. The number of amides is 2. The molecule has 11 heteroatoms. The molecule has 0 fully saturated rings. The molecule has 0 radical (unpaired) electrons. The summed E-state index contributed by atoms with van der Waals surface area (Å²) in [6.45, 7) is 7.20. The van der Waals surface area contributed by atoms with Crippen LogP contribution in [0, 0.1) is 6.92 Å². The number of aliphatic carboxylic acids is 1. The van der Waals surface area contributed by atoms with Crippen molar-refractivity contribution in [3.05, 3.63) is 59.7 Å². The molecule has 3 N–H and O–H groups in total. The second kappa shape index (κ2) is 11.3. The number of nitrogens with zero attached hydrogens (tertiary/aromatic N) is 2. The number of hydrogen-bond acceptors (Lipinski definition) is 4. The number of halogens is 3. The monoisotopic (exact) mass is 506 g/mol. The van der Waals surface area contributed by atoms with E-state index in [2.05, 4.69) is 38.4 Å². The van der Waals surface area contributed by atoms with Crippen LogP contribution in [0.1, 0.15) is 37.4 Å². The van der Waals surface area contributed by atoms with Crippen LogP contribution in [-0.4, -0.2) is 45.0 Å². The van der Waals surface area contributed by atoms with Gasteiger partial charge >= 0.3 is 18.2 Å². The van der Waals surface area contributed by atoms with Crippen molar-refractivity contribution in [2.24, 2.45) is 0 Å². The van der Waals surface area contributed by atoms with Gasteiger partial charge in [-0.05, 0) is 44.0 Å². The highest BCUT2D eigenvalue weighted by atomic mass is 19.4. The predicted molar refractivity (Wildman–Crippen MR) is 128 cm³/mol. The highest BCUT2D eigenvalue weighted by Gasteiger charge is 2.38. The van der Waals surface area contributed by atoms with Gasteiger partial charge in [0.05, 0.1) is 11.8 Å². The first kappa shape index (κ1) is 26.8. The maximum absolute atomic E-state index is 12.6.